The average Bonchev–Trinajstić information content (AvgIpc) is 3.46. The number of benzene rings is 1. The lowest BCUT2D eigenvalue weighted by Crippen LogP contribution is -2.33. The lowest BCUT2D eigenvalue weighted by atomic mass is 10.0. The number of aromatic nitrogens is 2. The minimum atomic E-state index is -0.286. The number of hydrogen-bond donors (Lipinski definition) is 0. The summed E-state index contributed by atoms with van der Waals surface area (Å²) in [5.74, 6) is 0.340. The smallest absolute Gasteiger partial charge is 0.254 e. The number of anilines is 1. The van der Waals surface area contributed by atoms with Gasteiger partial charge in [-0.1, -0.05) is 30.5 Å². The van der Waals surface area contributed by atoms with E-state index in [1.54, 1.807) is 19.2 Å². The van der Waals surface area contributed by atoms with Crippen molar-refractivity contribution in [2.75, 3.05) is 11.2 Å². The van der Waals surface area contributed by atoms with Gasteiger partial charge in [-0.3, -0.25) is 9.69 Å². The Morgan fingerprint density at radius 1 is 1.42 bits per heavy atom. The fourth-order valence-corrected chi connectivity index (χ4v) is 3.28. The Morgan fingerprint density at radius 3 is 2.77 bits per heavy atom. The van der Waals surface area contributed by atoms with Crippen LogP contribution in [0.1, 0.15) is 42.4 Å². The number of amides is 1. The highest BCUT2D eigenvalue weighted by molar-refractivity contribution is 7.98. The molecule has 1 aromatic carbocycles. The first-order valence-electron chi connectivity index (χ1n) is 8.54. The molecule has 0 unspecified atom stereocenters. The Bertz CT molecular complexity index is 864. The fraction of sp³-hybridized carbons (Fsp3) is 0.350. The molecule has 1 fully saturated rings. The molecule has 1 aliphatic rings. The summed E-state index contributed by atoms with van der Waals surface area (Å²) in [6, 6.07) is 5.14. The number of hydrogen-bond acceptors (Lipinski definition) is 4. The normalized spacial score (nSPS) is 13.5. The van der Waals surface area contributed by atoms with E-state index in [0.29, 0.717) is 28.0 Å². The van der Waals surface area contributed by atoms with E-state index in [0.717, 1.165) is 24.0 Å². The van der Waals surface area contributed by atoms with E-state index in [-0.39, 0.29) is 18.3 Å². The summed E-state index contributed by atoms with van der Waals surface area (Å²) in [5, 5.41) is 0.570. The summed E-state index contributed by atoms with van der Waals surface area (Å²) >= 11 is 1.40. The molecule has 1 heterocycles. The molecule has 136 valence electrons. The molecule has 0 N–H and O–H groups in total. The van der Waals surface area contributed by atoms with E-state index in [1.165, 1.54) is 22.7 Å². The molecule has 0 atom stereocenters. The van der Waals surface area contributed by atoms with Crippen molar-refractivity contribution in [3.63, 3.8) is 0 Å². The molecule has 1 aliphatic carbocycles. The standard InChI is InChI=1S/C20H22FN3OS/c1-12(2)19(25)24(18-13(3)10-22-20(23-18)26-4)11-16-15(14-8-9-14)6-5-7-17(16)21/h5-7,10,14H,1,8-9,11H2,2-4H3. The van der Waals surface area contributed by atoms with Gasteiger partial charge < -0.3 is 0 Å². The van der Waals surface area contributed by atoms with Crippen LogP contribution in [0.15, 0.2) is 41.7 Å². The van der Waals surface area contributed by atoms with E-state index in [9.17, 15) is 9.18 Å². The third-order valence-corrected chi connectivity index (χ3v) is 5.02. The number of halogens is 1. The largest absolute Gasteiger partial charge is 0.288 e. The van der Waals surface area contributed by atoms with Crippen LogP contribution in [0.5, 0.6) is 0 Å². The molecule has 6 heteroatoms. The second-order valence-corrected chi connectivity index (χ2v) is 7.39. The van der Waals surface area contributed by atoms with Gasteiger partial charge in [0.05, 0.1) is 6.54 Å². The van der Waals surface area contributed by atoms with Gasteiger partial charge in [0.25, 0.3) is 5.91 Å². The monoisotopic (exact) mass is 371 g/mol. The van der Waals surface area contributed by atoms with Crippen molar-refractivity contribution >= 4 is 23.5 Å². The molecule has 1 saturated carbocycles. The lowest BCUT2D eigenvalue weighted by molar-refractivity contribution is -0.115. The summed E-state index contributed by atoms with van der Waals surface area (Å²) < 4.78 is 14.6. The van der Waals surface area contributed by atoms with Gasteiger partial charge in [0, 0.05) is 22.9 Å². The minimum absolute atomic E-state index is 0.135. The zero-order chi connectivity index (χ0) is 18.8. The summed E-state index contributed by atoms with van der Waals surface area (Å²) in [5.41, 5.74) is 2.70. The third-order valence-electron chi connectivity index (χ3n) is 4.46. The SMILES string of the molecule is C=C(C)C(=O)N(Cc1c(F)cccc1C1CC1)c1nc(SC)ncc1C. The second kappa shape index (κ2) is 7.58. The Morgan fingerprint density at radius 2 is 2.15 bits per heavy atom. The molecule has 0 bridgehead atoms. The van der Waals surface area contributed by atoms with Crippen LogP contribution in [0.4, 0.5) is 10.2 Å². The van der Waals surface area contributed by atoms with E-state index >= 15 is 0 Å². The first kappa shape index (κ1) is 18.6. The van der Waals surface area contributed by atoms with Gasteiger partial charge in [0.2, 0.25) is 0 Å². The van der Waals surface area contributed by atoms with Crippen LogP contribution in [0.2, 0.25) is 0 Å². The molecule has 1 amide bonds. The molecule has 0 aliphatic heterocycles. The first-order valence-corrected chi connectivity index (χ1v) is 9.77. The molecular formula is C20H22FN3OS. The molecule has 2 aromatic rings. The van der Waals surface area contributed by atoms with Crippen molar-refractivity contribution in [2.45, 2.75) is 44.3 Å². The topological polar surface area (TPSA) is 46.1 Å². The summed E-state index contributed by atoms with van der Waals surface area (Å²) in [4.78, 5) is 23.1. The van der Waals surface area contributed by atoms with Crippen molar-refractivity contribution in [1.82, 2.24) is 9.97 Å². The van der Waals surface area contributed by atoms with Crippen LogP contribution in [0.25, 0.3) is 0 Å². The average molecular weight is 371 g/mol. The van der Waals surface area contributed by atoms with Crippen LogP contribution >= 0.6 is 11.8 Å². The Kier molecular flexibility index (Phi) is 5.41. The molecule has 3 rings (SSSR count). The van der Waals surface area contributed by atoms with Crippen molar-refractivity contribution in [2.24, 2.45) is 0 Å². The van der Waals surface area contributed by atoms with E-state index in [4.69, 9.17) is 0 Å². The van der Waals surface area contributed by atoms with Crippen molar-refractivity contribution in [3.05, 3.63) is 59.1 Å². The van der Waals surface area contributed by atoms with Gasteiger partial charge in [0.1, 0.15) is 11.6 Å². The van der Waals surface area contributed by atoms with Gasteiger partial charge >= 0.3 is 0 Å². The highest BCUT2D eigenvalue weighted by atomic mass is 32.2. The Balaban J connectivity index is 2.07. The molecular weight excluding hydrogens is 349 g/mol. The molecule has 1 aromatic heterocycles. The maximum Gasteiger partial charge on any atom is 0.254 e. The maximum absolute atomic E-state index is 14.6. The van der Waals surface area contributed by atoms with Crippen molar-refractivity contribution < 1.29 is 9.18 Å². The third kappa shape index (κ3) is 3.80. The molecule has 26 heavy (non-hydrogen) atoms. The molecule has 0 spiro atoms. The van der Waals surface area contributed by atoms with Crippen LogP contribution in [0.3, 0.4) is 0 Å². The predicted octanol–water partition coefficient (Wildman–Crippen LogP) is 4.63. The van der Waals surface area contributed by atoms with Crippen LogP contribution in [-0.4, -0.2) is 22.1 Å². The zero-order valence-electron chi connectivity index (χ0n) is 15.3. The van der Waals surface area contributed by atoms with Crippen LogP contribution in [0, 0.1) is 12.7 Å². The highest BCUT2D eigenvalue weighted by Gasteiger charge is 2.30. The van der Waals surface area contributed by atoms with E-state index in [2.05, 4.69) is 16.5 Å². The Labute approximate surface area is 157 Å². The van der Waals surface area contributed by atoms with Gasteiger partial charge in [-0.15, -0.1) is 0 Å². The first-order chi connectivity index (χ1) is 12.4. The maximum atomic E-state index is 14.6. The number of carbonyl (C=O) groups excluding carboxylic acids is 1. The molecule has 4 nitrogen and oxygen atoms in total. The quantitative estimate of drug-likeness (QED) is 0.422. The number of thioether (sulfide) groups is 1. The lowest BCUT2D eigenvalue weighted by Gasteiger charge is -2.25. The minimum Gasteiger partial charge on any atom is -0.288 e. The Hall–Kier alpha value is -2.21. The molecule has 0 radical (unpaired) electrons. The van der Waals surface area contributed by atoms with Crippen molar-refractivity contribution in [1.29, 1.82) is 0 Å². The van der Waals surface area contributed by atoms with E-state index in [1.807, 2.05) is 19.2 Å². The second-order valence-electron chi connectivity index (χ2n) is 6.62. The van der Waals surface area contributed by atoms with Gasteiger partial charge in [-0.2, -0.15) is 0 Å². The summed E-state index contributed by atoms with van der Waals surface area (Å²) in [7, 11) is 0. The number of carbonyl (C=O) groups is 1. The number of aryl methyl sites for hydroxylation is 1. The zero-order valence-corrected chi connectivity index (χ0v) is 16.1. The van der Waals surface area contributed by atoms with Gasteiger partial charge in [-0.25, -0.2) is 14.4 Å². The van der Waals surface area contributed by atoms with Crippen LogP contribution in [-0.2, 0) is 11.3 Å². The van der Waals surface area contributed by atoms with Crippen molar-refractivity contribution in [3.8, 4) is 0 Å². The highest BCUT2D eigenvalue weighted by Crippen LogP contribution is 2.42. The van der Waals surface area contributed by atoms with E-state index < -0.39 is 0 Å². The van der Waals surface area contributed by atoms with Gasteiger partial charge in [0.15, 0.2) is 5.16 Å². The fourth-order valence-electron chi connectivity index (χ4n) is 2.94. The van der Waals surface area contributed by atoms with Crippen LogP contribution < -0.4 is 4.90 Å². The number of rotatable bonds is 6. The van der Waals surface area contributed by atoms with Gasteiger partial charge in [-0.05, 0) is 50.5 Å². The summed E-state index contributed by atoms with van der Waals surface area (Å²) in [6.45, 7) is 7.41. The predicted molar refractivity (Wildman–Crippen MR) is 103 cm³/mol. The molecule has 0 saturated heterocycles. The summed E-state index contributed by atoms with van der Waals surface area (Å²) in [6.07, 6.45) is 5.69. The number of nitrogens with zero attached hydrogens (tertiary/aromatic N) is 3.